The molecule has 2 fully saturated rings. The number of benzene rings is 1. The maximum atomic E-state index is 12.0. The van der Waals surface area contributed by atoms with Gasteiger partial charge in [-0.25, -0.2) is 4.79 Å². The molecule has 142 valence electrons. The summed E-state index contributed by atoms with van der Waals surface area (Å²) in [5.74, 6) is 0. The van der Waals surface area contributed by atoms with Crippen LogP contribution in [-0.4, -0.2) is 60.8 Å². The highest BCUT2D eigenvalue weighted by Gasteiger charge is 2.33. The SMILES string of the molecule is CCOC(=O)N1CCc2cc(N3CCC(N4CCCC4C)C3)ccc2C1. The first-order chi connectivity index (χ1) is 12.7. The van der Waals surface area contributed by atoms with Gasteiger partial charge in [-0.2, -0.15) is 0 Å². The zero-order valence-corrected chi connectivity index (χ0v) is 16.1. The average molecular weight is 357 g/mol. The van der Waals surface area contributed by atoms with Crippen LogP contribution in [0.4, 0.5) is 10.5 Å². The van der Waals surface area contributed by atoms with Gasteiger partial charge in [-0.15, -0.1) is 0 Å². The van der Waals surface area contributed by atoms with Crippen LogP contribution in [0.1, 0.15) is 44.2 Å². The lowest BCUT2D eigenvalue weighted by molar-refractivity contribution is 0.102. The molecule has 4 rings (SSSR count). The Hall–Kier alpha value is -1.75. The van der Waals surface area contributed by atoms with Crippen molar-refractivity contribution in [1.29, 1.82) is 0 Å². The Morgan fingerprint density at radius 3 is 2.85 bits per heavy atom. The van der Waals surface area contributed by atoms with Crippen LogP contribution in [0, 0.1) is 0 Å². The molecule has 3 aliphatic rings. The first-order valence-electron chi connectivity index (χ1n) is 10.2. The molecule has 1 aromatic carbocycles. The van der Waals surface area contributed by atoms with Crippen LogP contribution < -0.4 is 4.90 Å². The number of hydrogen-bond acceptors (Lipinski definition) is 4. The van der Waals surface area contributed by atoms with Gasteiger partial charge in [0.1, 0.15) is 0 Å². The van der Waals surface area contributed by atoms with E-state index in [0.717, 1.165) is 32.1 Å². The molecule has 3 heterocycles. The predicted molar refractivity (Wildman–Crippen MR) is 104 cm³/mol. The third-order valence-corrected chi connectivity index (χ3v) is 6.33. The molecule has 5 heteroatoms. The summed E-state index contributed by atoms with van der Waals surface area (Å²) in [7, 11) is 0. The summed E-state index contributed by atoms with van der Waals surface area (Å²) in [6, 6.07) is 8.26. The van der Waals surface area contributed by atoms with Crippen LogP contribution in [0.15, 0.2) is 18.2 Å². The fourth-order valence-electron chi connectivity index (χ4n) is 4.85. The second-order valence-corrected chi connectivity index (χ2v) is 7.94. The molecule has 2 atom stereocenters. The summed E-state index contributed by atoms with van der Waals surface area (Å²) in [5.41, 5.74) is 4.00. The van der Waals surface area contributed by atoms with Crippen LogP contribution in [0.2, 0.25) is 0 Å². The molecule has 0 spiro atoms. The topological polar surface area (TPSA) is 36.0 Å². The normalized spacial score (nSPS) is 26.2. The van der Waals surface area contributed by atoms with Gasteiger partial charge in [0.25, 0.3) is 0 Å². The van der Waals surface area contributed by atoms with Crippen molar-refractivity contribution in [3.63, 3.8) is 0 Å². The lowest BCUT2D eigenvalue weighted by Gasteiger charge is -2.30. The molecule has 3 aliphatic heterocycles. The van der Waals surface area contributed by atoms with Crippen LogP contribution >= 0.6 is 0 Å². The highest BCUT2D eigenvalue weighted by molar-refractivity contribution is 5.68. The Morgan fingerprint density at radius 1 is 1.19 bits per heavy atom. The number of carbonyl (C=O) groups is 1. The zero-order chi connectivity index (χ0) is 18.1. The van der Waals surface area contributed by atoms with Crippen LogP contribution in [0.25, 0.3) is 0 Å². The Labute approximate surface area is 156 Å². The minimum absolute atomic E-state index is 0.190. The fourth-order valence-corrected chi connectivity index (χ4v) is 4.85. The minimum Gasteiger partial charge on any atom is -0.450 e. The van der Waals surface area contributed by atoms with Gasteiger partial charge in [0, 0.05) is 44.0 Å². The van der Waals surface area contributed by atoms with Crippen LogP contribution in [0.5, 0.6) is 0 Å². The molecule has 26 heavy (non-hydrogen) atoms. The quantitative estimate of drug-likeness (QED) is 0.832. The summed E-state index contributed by atoms with van der Waals surface area (Å²) in [5, 5.41) is 0. The molecule has 0 radical (unpaired) electrons. The number of carbonyl (C=O) groups excluding carboxylic acids is 1. The van der Waals surface area contributed by atoms with Gasteiger partial charge in [-0.1, -0.05) is 6.07 Å². The standard InChI is InChI=1S/C21H31N3O2/c1-3-26-21(25)23-11-8-17-13-19(7-6-18(17)14-23)22-12-9-20(15-22)24-10-4-5-16(24)2/h6-7,13,16,20H,3-5,8-12,14-15H2,1-2H3. The van der Waals surface area contributed by atoms with E-state index in [-0.39, 0.29) is 6.09 Å². The van der Waals surface area contributed by atoms with Gasteiger partial charge >= 0.3 is 6.09 Å². The van der Waals surface area contributed by atoms with Crippen molar-refractivity contribution >= 4 is 11.8 Å². The second kappa shape index (κ2) is 7.47. The molecule has 2 unspecified atom stereocenters. The Kier molecular flexibility index (Phi) is 5.07. The number of hydrogen-bond donors (Lipinski definition) is 0. The van der Waals surface area contributed by atoms with Crippen molar-refractivity contribution in [1.82, 2.24) is 9.80 Å². The number of amides is 1. The van der Waals surface area contributed by atoms with Gasteiger partial charge in [-0.3, -0.25) is 4.90 Å². The predicted octanol–water partition coefficient (Wildman–Crippen LogP) is 3.26. The van der Waals surface area contributed by atoms with Crippen molar-refractivity contribution in [2.75, 3.05) is 37.7 Å². The van der Waals surface area contributed by atoms with Crippen molar-refractivity contribution < 1.29 is 9.53 Å². The maximum absolute atomic E-state index is 12.0. The van der Waals surface area contributed by atoms with Gasteiger partial charge in [0.05, 0.1) is 6.61 Å². The van der Waals surface area contributed by atoms with E-state index in [9.17, 15) is 4.79 Å². The maximum Gasteiger partial charge on any atom is 0.410 e. The number of ether oxygens (including phenoxy) is 1. The highest BCUT2D eigenvalue weighted by atomic mass is 16.6. The van der Waals surface area contributed by atoms with Crippen molar-refractivity contribution in [2.45, 2.75) is 58.2 Å². The fraction of sp³-hybridized carbons (Fsp3) is 0.667. The largest absolute Gasteiger partial charge is 0.450 e. The summed E-state index contributed by atoms with van der Waals surface area (Å²) in [6.07, 6.45) is 4.71. The minimum atomic E-state index is -0.190. The number of rotatable bonds is 3. The highest BCUT2D eigenvalue weighted by Crippen LogP contribution is 2.30. The number of anilines is 1. The third kappa shape index (κ3) is 3.41. The number of nitrogens with zero attached hydrogens (tertiary/aromatic N) is 3. The Balaban J connectivity index is 1.41. The van der Waals surface area contributed by atoms with Crippen molar-refractivity contribution in [2.24, 2.45) is 0 Å². The van der Waals surface area contributed by atoms with E-state index in [2.05, 4.69) is 34.9 Å². The number of fused-ring (bicyclic) bond motifs is 1. The van der Waals surface area contributed by atoms with Crippen LogP contribution in [-0.2, 0) is 17.7 Å². The van der Waals surface area contributed by atoms with Gasteiger partial charge in [0.2, 0.25) is 0 Å². The number of likely N-dealkylation sites (tertiary alicyclic amines) is 1. The second-order valence-electron chi connectivity index (χ2n) is 7.94. The summed E-state index contributed by atoms with van der Waals surface area (Å²) >= 11 is 0. The lowest BCUT2D eigenvalue weighted by atomic mass is 9.99. The summed E-state index contributed by atoms with van der Waals surface area (Å²) in [6.45, 7) is 9.67. The molecule has 5 nitrogen and oxygen atoms in total. The third-order valence-electron chi connectivity index (χ3n) is 6.33. The molecule has 0 bridgehead atoms. The first kappa shape index (κ1) is 17.7. The van der Waals surface area contributed by atoms with Crippen molar-refractivity contribution in [3.05, 3.63) is 29.3 Å². The van der Waals surface area contributed by atoms with E-state index in [1.165, 1.54) is 42.6 Å². The van der Waals surface area contributed by atoms with Gasteiger partial charge in [0.15, 0.2) is 0 Å². The van der Waals surface area contributed by atoms with E-state index >= 15 is 0 Å². The summed E-state index contributed by atoms with van der Waals surface area (Å²) in [4.78, 5) is 19.0. The van der Waals surface area contributed by atoms with E-state index in [4.69, 9.17) is 4.74 Å². The monoisotopic (exact) mass is 357 g/mol. The van der Waals surface area contributed by atoms with E-state index in [0.29, 0.717) is 19.2 Å². The lowest BCUT2D eigenvalue weighted by Crippen LogP contribution is -2.39. The van der Waals surface area contributed by atoms with E-state index < -0.39 is 0 Å². The van der Waals surface area contributed by atoms with Crippen molar-refractivity contribution in [3.8, 4) is 0 Å². The van der Waals surface area contributed by atoms with Gasteiger partial charge in [-0.05, 0) is 69.3 Å². The molecule has 0 aromatic heterocycles. The smallest absolute Gasteiger partial charge is 0.410 e. The molecule has 0 aliphatic carbocycles. The average Bonchev–Trinajstić information content (AvgIpc) is 3.29. The molecular formula is C21H31N3O2. The molecule has 0 N–H and O–H groups in total. The van der Waals surface area contributed by atoms with Crippen LogP contribution in [0.3, 0.4) is 0 Å². The molecule has 1 amide bonds. The first-order valence-corrected chi connectivity index (χ1v) is 10.2. The zero-order valence-electron chi connectivity index (χ0n) is 16.1. The van der Waals surface area contributed by atoms with E-state index in [1.54, 1.807) is 0 Å². The molecule has 2 saturated heterocycles. The Morgan fingerprint density at radius 2 is 2.08 bits per heavy atom. The van der Waals surface area contributed by atoms with E-state index in [1.807, 2.05) is 11.8 Å². The summed E-state index contributed by atoms with van der Waals surface area (Å²) < 4.78 is 5.14. The Bertz CT molecular complexity index is 663. The van der Waals surface area contributed by atoms with Gasteiger partial charge < -0.3 is 14.5 Å². The molecule has 0 saturated carbocycles. The molecular weight excluding hydrogens is 326 g/mol. The molecule has 1 aromatic rings.